The highest BCUT2D eigenvalue weighted by atomic mass is 35.5. The number of halogens is 4. The van der Waals surface area contributed by atoms with Gasteiger partial charge in [-0.25, -0.2) is 0 Å². The van der Waals surface area contributed by atoms with Crippen LogP contribution in [0.3, 0.4) is 0 Å². The summed E-state index contributed by atoms with van der Waals surface area (Å²) in [5.74, 6) is -0.334. The lowest BCUT2D eigenvalue weighted by molar-refractivity contribution is -0.141. The Bertz CT molecular complexity index is 604. The van der Waals surface area contributed by atoms with Gasteiger partial charge in [-0.3, -0.25) is 9.48 Å². The molecule has 0 radical (unpaired) electrons. The molecule has 2 aliphatic carbocycles. The van der Waals surface area contributed by atoms with Crippen LogP contribution in [-0.4, -0.2) is 21.7 Å². The second-order valence-electron chi connectivity index (χ2n) is 6.43. The number of nitrogens with one attached hydrogen (secondary N) is 1. The second-order valence-corrected chi connectivity index (χ2v) is 6.81. The molecule has 128 valence electrons. The number of carbonyl (C=O) groups excluding carboxylic acids is 1. The molecule has 0 aliphatic heterocycles. The van der Waals surface area contributed by atoms with Crippen molar-refractivity contribution in [3.8, 4) is 0 Å². The van der Waals surface area contributed by atoms with E-state index in [1.54, 1.807) is 6.92 Å². The molecule has 0 unspecified atom stereocenters. The minimum Gasteiger partial charge on any atom is -0.352 e. The average Bonchev–Trinajstić information content (AvgIpc) is 3.04. The highest BCUT2D eigenvalue weighted by Crippen LogP contribution is 2.47. The molecule has 0 saturated heterocycles. The van der Waals surface area contributed by atoms with E-state index in [-0.39, 0.29) is 22.9 Å². The van der Waals surface area contributed by atoms with Crippen LogP contribution in [0.2, 0.25) is 5.02 Å². The van der Waals surface area contributed by atoms with Crippen molar-refractivity contribution in [1.82, 2.24) is 15.1 Å². The molecule has 2 aliphatic rings. The van der Waals surface area contributed by atoms with E-state index in [0.29, 0.717) is 5.69 Å². The number of carbonyl (C=O) groups is 1. The fourth-order valence-corrected chi connectivity index (χ4v) is 3.52. The molecule has 1 N–H and O–H groups in total. The van der Waals surface area contributed by atoms with Crippen LogP contribution in [0.1, 0.15) is 68.8 Å². The summed E-state index contributed by atoms with van der Waals surface area (Å²) in [5, 5.41) is 6.18. The lowest BCUT2D eigenvalue weighted by Crippen LogP contribution is -2.38. The third-order valence-electron chi connectivity index (χ3n) is 4.57. The topological polar surface area (TPSA) is 46.9 Å². The molecule has 1 heterocycles. The molecule has 23 heavy (non-hydrogen) atoms. The molecular weight excluding hydrogens is 331 g/mol. The summed E-state index contributed by atoms with van der Waals surface area (Å²) >= 11 is 5.93. The van der Waals surface area contributed by atoms with Crippen LogP contribution in [0, 0.1) is 0 Å². The fraction of sp³-hybridized carbons (Fsp3) is 0.733. The molecule has 1 atom stereocenters. The van der Waals surface area contributed by atoms with Crippen molar-refractivity contribution >= 4 is 17.5 Å². The Morgan fingerprint density at radius 2 is 1.91 bits per heavy atom. The number of hydrogen-bond acceptors (Lipinski definition) is 2. The van der Waals surface area contributed by atoms with Crippen LogP contribution in [0.5, 0.6) is 0 Å². The predicted molar refractivity (Wildman–Crippen MR) is 79.3 cm³/mol. The van der Waals surface area contributed by atoms with Gasteiger partial charge in [-0.05, 0) is 32.6 Å². The van der Waals surface area contributed by atoms with Crippen LogP contribution in [0.15, 0.2) is 0 Å². The summed E-state index contributed by atoms with van der Waals surface area (Å²) in [6, 6.07) is -0.692. The maximum Gasteiger partial charge on any atom is 0.436 e. The third-order valence-corrected chi connectivity index (χ3v) is 4.94. The fourth-order valence-electron chi connectivity index (χ4n) is 3.13. The molecule has 2 saturated carbocycles. The number of alkyl halides is 3. The first-order valence-corrected chi connectivity index (χ1v) is 8.32. The van der Waals surface area contributed by atoms with E-state index in [1.165, 1.54) is 4.68 Å². The highest BCUT2D eigenvalue weighted by molar-refractivity contribution is 6.32. The van der Waals surface area contributed by atoms with E-state index in [4.69, 9.17) is 11.6 Å². The number of amides is 1. The molecular formula is C15H19ClF3N3O. The zero-order chi connectivity index (χ0) is 16.8. The molecule has 0 aromatic carbocycles. The highest BCUT2D eigenvalue weighted by Gasteiger charge is 2.43. The van der Waals surface area contributed by atoms with Gasteiger partial charge in [0.25, 0.3) is 0 Å². The maximum atomic E-state index is 13.1. The Labute approximate surface area is 137 Å². The van der Waals surface area contributed by atoms with Crippen LogP contribution >= 0.6 is 11.6 Å². The molecule has 0 bridgehead atoms. The predicted octanol–water partition coefficient (Wildman–Crippen LogP) is 4.05. The Hall–Kier alpha value is -1.24. The van der Waals surface area contributed by atoms with Crippen molar-refractivity contribution in [3.63, 3.8) is 0 Å². The van der Waals surface area contributed by atoms with Crippen molar-refractivity contribution in [2.45, 2.75) is 69.6 Å². The van der Waals surface area contributed by atoms with Gasteiger partial charge in [0.1, 0.15) is 6.04 Å². The van der Waals surface area contributed by atoms with Gasteiger partial charge in [-0.2, -0.15) is 18.3 Å². The van der Waals surface area contributed by atoms with Crippen molar-refractivity contribution in [1.29, 1.82) is 0 Å². The van der Waals surface area contributed by atoms with Crippen LogP contribution < -0.4 is 5.32 Å². The van der Waals surface area contributed by atoms with Gasteiger partial charge in [0.2, 0.25) is 5.91 Å². The number of hydrogen-bond donors (Lipinski definition) is 1. The van der Waals surface area contributed by atoms with Gasteiger partial charge in [-0.15, -0.1) is 0 Å². The second kappa shape index (κ2) is 6.00. The monoisotopic (exact) mass is 349 g/mol. The molecule has 3 rings (SSSR count). The maximum absolute atomic E-state index is 13.1. The van der Waals surface area contributed by atoms with Gasteiger partial charge in [0.15, 0.2) is 5.69 Å². The van der Waals surface area contributed by atoms with Gasteiger partial charge >= 0.3 is 6.18 Å². The third kappa shape index (κ3) is 3.34. The van der Waals surface area contributed by atoms with Crippen molar-refractivity contribution in [2.24, 2.45) is 0 Å². The Morgan fingerprint density at radius 3 is 2.43 bits per heavy atom. The minimum absolute atomic E-state index is 0.0344. The Kier molecular flexibility index (Phi) is 4.33. The SMILES string of the molecule is C[C@H](C(=O)NC1CCCC1)n1nc(C(F)(F)F)c(Cl)c1C1CC1. The lowest BCUT2D eigenvalue weighted by Gasteiger charge is -2.19. The van der Waals surface area contributed by atoms with Gasteiger partial charge < -0.3 is 5.32 Å². The smallest absolute Gasteiger partial charge is 0.352 e. The van der Waals surface area contributed by atoms with E-state index in [9.17, 15) is 18.0 Å². The largest absolute Gasteiger partial charge is 0.436 e. The van der Waals surface area contributed by atoms with Gasteiger partial charge in [0.05, 0.1) is 10.7 Å². The summed E-state index contributed by atoms with van der Waals surface area (Å²) in [7, 11) is 0. The molecule has 1 aromatic heterocycles. The summed E-state index contributed by atoms with van der Waals surface area (Å²) in [5.41, 5.74) is -0.755. The van der Waals surface area contributed by atoms with Crippen LogP contribution in [0.25, 0.3) is 0 Å². The molecule has 8 heteroatoms. The van der Waals surface area contributed by atoms with Crippen LogP contribution in [-0.2, 0) is 11.0 Å². The molecule has 4 nitrogen and oxygen atoms in total. The van der Waals surface area contributed by atoms with E-state index >= 15 is 0 Å². The minimum atomic E-state index is -4.62. The zero-order valence-corrected chi connectivity index (χ0v) is 13.5. The van der Waals surface area contributed by atoms with E-state index in [0.717, 1.165) is 38.5 Å². The number of nitrogens with zero attached hydrogens (tertiary/aromatic N) is 2. The van der Waals surface area contributed by atoms with Gasteiger partial charge in [-0.1, -0.05) is 24.4 Å². The summed E-state index contributed by atoms with van der Waals surface area (Å²) in [6.45, 7) is 1.57. The zero-order valence-electron chi connectivity index (χ0n) is 12.8. The first-order chi connectivity index (χ1) is 10.8. The van der Waals surface area contributed by atoms with Crippen molar-refractivity contribution in [3.05, 3.63) is 16.4 Å². The number of aromatic nitrogens is 2. The Balaban J connectivity index is 1.86. The van der Waals surface area contributed by atoms with Crippen molar-refractivity contribution < 1.29 is 18.0 Å². The number of rotatable bonds is 4. The standard InChI is InChI=1S/C15H19ClF3N3O/c1-8(14(23)20-10-4-2-3-5-10)22-12(9-6-7-9)11(16)13(21-22)15(17,18)19/h8-10H,2-7H2,1H3,(H,20,23)/t8-/m1/s1. The summed E-state index contributed by atoms with van der Waals surface area (Å²) in [6.07, 6.45) is 0.910. The quantitative estimate of drug-likeness (QED) is 0.891. The summed E-state index contributed by atoms with van der Waals surface area (Å²) < 4.78 is 40.3. The Morgan fingerprint density at radius 1 is 1.30 bits per heavy atom. The average molecular weight is 350 g/mol. The molecule has 1 aromatic rings. The lowest BCUT2D eigenvalue weighted by atomic mass is 10.2. The van der Waals surface area contributed by atoms with Gasteiger partial charge in [0, 0.05) is 12.0 Å². The summed E-state index contributed by atoms with van der Waals surface area (Å²) in [4.78, 5) is 12.4. The van der Waals surface area contributed by atoms with E-state index in [2.05, 4.69) is 10.4 Å². The first kappa shape index (κ1) is 16.6. The van der Waals surface area contributed by atoms with E-state index < -0.39 is 17.9 Å². The molecule has 0 spiro atoms. The molecule has 1 amide bonds. The van der Waals surface area contributed by atoms with Crippen LogP contribution in [0.4, 0.5) is 13.2 Å². The van der Waals surface area contributed by atoms with E-state index in [1.807, 2.05) is 0 Å². The van der Waals surface area contributed by atoms with Crippen molar-refractivity contribution in [2.75, 3.05) is 0 Å². The first-order valence-electron chi connectivity index (χ1n) is 7.94. The molecule has 2 fully saturated rings. The normalized spacial score (nSPS) is 20.7.